The molecular weight excluding hydrogens is 254 g/mol. The van der Waals surface area contributed by atoms with Crippen LogP contribution in [0.5, 0.6) is 0 Å². The largest absolute Gasteiger partial charge is 0.397 e. The first-order valence-corrected chi connectivity index (χ1v) is 6.86. The molecule has 2 aromatic rings. The molecule has 108 valence electrons. The fourth-order valence-electron chi connectivity index (χ4n) is 2.51. The van der Waals surface area contributed by atoms with Gasteiger partial charge in [0.25, 0.3) is 5.91 Å². The van der Waals surface area contributed by atoms with Crippen LogP contribution < -0.4 is 17.0 Å². The zero-order valence-electron chi connectivity index (χ0n) is 11.9. The first-order chi connectivity index (χ1) is 9.62. The van der Waals surface area contributed by atoms with Crippen molar-refractivity contribution in [2.75, 3.05) is 5.73 Å². The number of imidazole rings is 1. The smallest absolute Gasteiger partial charge is 0.253 e. The van der Waals surface area contributed by atoms with Crippen LogP contribution in [0.4, 0.5) is 5.69 Å². The Morgan fingerprint density at radius 1 is 1.40 bits per heavy atom. The van der Waals surface area contributed by atoms with Gasteiger partial charge in [0.05, 0.1) is 11.2 Å². The minimum Gasteiger partial charge on any atom is -0.397 e. The standard InChI is InChI=1S/C14H21N5O/c1-3-9(4-2)14-17-13-10(15)6-5-7-11(13)19(14)8-12(20)18-16/h5-7,9H,3-4,8,15-16H2,1-2H3,(H,18,20). The Morgan fingerprint density at radius 2 is 2.10 bits per heavy atom. The van der Waals surface area contributed by atoms with Crippen molar-refractivity contribution in [3.05, 3.63) is 24.0 Å². The number of nitrogens with zero attached hydrogens (tertiary/aromatic N) is 2. The van der Waals surface area contributed by atoms with Gasteiger partial charge in [-0.25, -0.2) is 10.8 Å². The van der Waals surface area contributed by atoms with Crippen molar-refractivity contribution in [1.29, 1.82) is 0 Å². The van der Waals surface area contributed by atoms with Gasteiger partial charge in [-0.1, -0.05) is 19.9 Å². The average molecular weight is 275 g/mol. The van der Waals surface area contributed by atoms with E-state index < -0.39 is 0 Å². The molecule has 0 radical (unpaired) electrons. The van der Waals surface area contributed by atoms with Crippen molar-refractivity contribution in [3.63, 3.8) is 0 Å². The van der Waals surface area contributed by atoms with Gasteiger partial charge < -0.3 is 10.3 Å². The van der Waals surface area contributed by atoms with Gasteiger partial charge in [0.1, 0.15) is 17.9 Å². The zero-order valence-corrected chi connectivity index (χ0v) is 11.9. The van der Waals surface area contributed by atoms with Crippen molar-refractivity contribution < 1.29 is 4.79 Å². The molecule has 1 amide bonds. The fourth-order valence-corrected chi connectivity index (χ4v) is 2.51. The molecule has 5 N–H and O–H groups in total. The lowest BCUT2D eigenvalue weighted by molar-refractivity contribution is -0.121. The number of rotatable bonds is 5. The Labute approximate surface area is 118 Å². The molecule has 6 heteroatoms. The molecule has 0 aliphatic rings. The molecule has 0 aliphatic heterocycles. The third-order valence-electron chi connectivity index (χ3n) is 3.65. The number of fused-ring (bicyclic) bond motifs is 1. The number of amides is 1. The van der Waals surface area contributed by atoms with Crippen molar-refractivity contribution in [3.8, 4) is 0 Å². The van der Waals surface area contributed by atoms with Crippen LogP contribution in [0.2, 0.25) is 0 Å². The lowest BCUT2D eigenvalue weighted by atomic mass is 10.0. The summed E-state index contributed by atoms with van der Waals surface area (Å²) in [4.78, 5) is 16.3. The van der Waals surface area contributed by atoms with Gasteiger partial charge >= 0.3 is 0 Å². The van der Waals surface area contributed by atoms with Crippen LogP contribution >= 0.6 is 0 Å². The molecule has 1 heterocycles. The molecule has 0 spiro atoms. The van der Waals surface area contributed by atoms with E-state index in [0.717, 1.165) is 29.7 Å². The molecule has 0 aliphatic carbocycles. The van der Waals surface area contributed by atoms with Crippen LogP contribution in [0.15, 0.2) is 18.2 Å². The Morgan fingerprint density at radius 3 is 2.70 bits per heavy atom. The second-order valence-corrected chi connectivity index (χ2v) is 4.85. The van der Waals surface area contributed by atoms with E-state index in [1.807, 2.05) is 22.8 Å². The third kappa shape index (κ3) is 2.46. The summed E-state index contributed by atoms with van der Waals surface area (Å²) in [6, 6.07) is 5.61. The van der Waals surface area contributed by atoms with Crippen molar-refractivity contribution in [2.45, 2.75) is 39.2 Å². The second-order valence-electron chi connectivity index (χ2n) is 4.85. The van der Waals surface area contributed by atoms with Crippen molar-refractivity contribution in [1.82, 2.24) is 15.0 Å². The van der Waals surface area contributed by atoms with Crippen molar-refractivity contribution >= 4 is 22.6 Å². The number of anilines is 1. The quantitative estimate of drug-likeness (QED) is 0.333. The van der Waals surface area contributed by atoms with E-state index in [-0.39, 0.29) is 12.5 Å². The summed E-state index contributed by atoms with van der Waals surface area (Å²) >= 11 is 0. The molecule has 1 aromatic heterocycles. The van der Waals surface area contributed by atoms with Gasteiger partial charge in [-0.2, -0.15) is 0 Å². The maximum Gasteiger partial charge on any atom is 0.253 e. The van der Waals surface area contributed by atoms with Gasteiger partial charge in [0.2, 0.25) is 0 Å². The summed E-state index contributed by atoms with van der Waals surface area (Å²) in [7, 11) is 0. The normalized spacial score (nSPS) is 11.2. The van der Waals surface area contributed by atoms with Gasteiger partial charge in [0, 0.05) is 5.92 Å². The number of nitrogen functional groups attached to an aromatic ring is 1. The number of nitrogens with one attached hydrogen (secondary N) is 1. The monoisotopic (exact) mass is 275 g/mol. The lowest BCUT2D eigenvalue weighted by Gasteiger charge is -2.14. The molecule has 0 unspecified atom stereocenters. The Hall–Kier alpha value is -2.08. The van der Waals surface area contributed by atoms with E-state index in [1.54, 1.807) is 0 Å². The summed E-state index contributed by atoms with van der Waals surface area (Å²) in [6.07, 6.45) is 1.92. The molecule has 0 bridgehead atoms. The Bertz CT molecular complexity index is 615. The molecule has 0 fully saturated rings. The molecule has 1 aromatic carbocycles. The molecule has 6 nitrogen and oxygen atoms in total. The maximum atomic E-state index is 11.6. The summed E-state index contributed by atoms with van der Waals surface area (Å²) in [5.74, 6) is 6.14. The van der Waals surface area contributed by atoms with E-state index in [9.17, 15) is 4.79 Å². The van der Waals surface area contributed by atoms with E-state index in [1.165, 1.54) is 0 Å². The van der Waals surface area contributed by atoms with Crippen LogP contribution in [-0.4, -0.2) is 15.5 Å². The summed E-state index contributed by atoms with van der Waals surface area (Å²) in [5.41, 5.74) is 10.4. The van der Waals surface area contributed by atoms with Gasteiger partial charge in [-0.15, -0.1) is 0 Å². The predicted molar refractivity (Wildman–Crippen MR) is 79.8 cm³/mol. The minimum absolute atomic E-state index is 0.155. The molecule has 20 heavy (non-hydrogen) atoms. The predicted octanol–water partition coefficient (Wildman–Crippen LogP) is 1.51. The number of aromatic nitrogens is 2. The van der Waals surface area contributed by atoms with Gasteiger partial charge in [-0.05, 0) is 25.0 Å². The first kappa shape index (κ1) is 14.3. The van der Waals surface area contributed by atoms with Crippen LogP contribution in [0.1, 0.15) is 38.4 Å². The average Bonchev–Trinajstić information content (AvgIpc) is 2.81. The minimum atomic E-state index is -0.251. The molecule has 0 saturated heterocycles. The van der Waals surface area contributed by atoms with Gasteiger partial charge in [0.15, 0.2) is 0 Å². The molecule has 2 rings (SSSR count). The van der Waals surface area contributed by atoms with E-state index >= 15 is 0 Å². The summed E-state index contributed by atoms with van der Waals surface area (Å²) in [6.45, 7) is 4.39. The fraction of sp³-hybridized carbons (Fsp3) is 0.429. The molecular formula is C14H21N5O. The number of benzene rings is 1. The Balaban J connectivity index is 2.62. The highest BCUT2D eigenvalue weighted by atomic mass is 16.2. The number of hydrogen-bond donors (Lipinski definition) is 3. The van der Waals surface area contributed by atoms with E-state index in [0.29, 0.717) is 11.6 Å². The third-order valence-corrected chi connectivity index (χ3v) is 3.65. The van der Waals surface area contributed by atoms with Crippen molar-refractivity contribution in [2.24, 2.45) is 5.84 Å². The van der Waals surface area contributed by atoms with E-state index in [2.05, 4.69) is 24.3 Å². The van der Waals surface area contributed by atoms with Crippen LogP contribution in [0.25, 0.3) is 11.0 Å². The number of carbonyl (C=O) groups excluding carboxylic acids is 1. The Kier molecular flexibility index (Phi) is 4.24. The van der Waals surface area contributed by atoms with Crippen LogP contribution in [-0.2, 0) is 11.3 Å². The van der Waals surface area contributed by atoms with E-state index in [4.69, 9.17) is 11.6 Å². The summed E-state index contributed by atoms with van der Waals surface area (Å²) in [5, 5.41) is 0. The zero-order chi connectivity index (χ0) is 14.7. The second kappa shape index (κ2) is 5.92. The van der Waals surface area contributed by atoms with Crippen LogP contribution in [0, 0.1) is 0 Å². The molecule has 0 saturated carbocycles. The number of carbonyl (C=O) groups is 1. The number of hydrogen-bond acceptors (Lipinski definition) is 4. The first-order valence-electron chi connectivity index (χ1n) is 6.86. The van der Waals surface area contributed by atoms with Crippen LogP contribution in [0.3, 0.4) is 0 Å². The lowest BCUT2D eigenvalue weighted by Crippen LogP contribution is -2.33. The molecule has 0 atom stereocenters. The van der Waals surface area contributed by atoms with Gasteiger partial charge in [-0.3, -0.25) is 10.2 Å². The number of nitrogens with two attached hydrogens (primary N) is 2. The number of para-hydroxylation sites is 1. The SMILES string of the molecule is CCC(CC)c1nc2c(N)cccc2n1CC(=O)NN. The highest BCUT2D eigenvalue weighted by Gasteiger charge is 2.20. The maximum absolute atomic E-state index is 11.6. The highest BCUT2D eigenvalue weighted by molar-refractivity contribution is 5.89. The topological polar surface area (TPSA) is 99.0 Å². The summed E-state index contributed by atoms with van der Waals surface area (Å²) < 4.78 is 1.91. The highest BCUT2D eigenvalue weighted by Crippen LogP contribution is 2.29. The number of hydrazine groups is 1.